The number of thiophene rings is 1. The lowest BCUT2D eigenvalue weighted by atomic mass is 9.92. The number of aromatic nitrogens is 1. The largest absolute Gasteiger partial charge is 0.478 e. The highest BCUT2D eigenvalue weighted by Crippen LogP contribution is 2.45. The fraction of sp³-hybridized carbons (Fsp3) is 0.324. The van der Waals surface area contributed by atoms with Gasteiger partial charge in [0.25, 0.3) is 5.91 Å². The van der Waals surface area contributed by atoms with E-state index in [1.54, 1.807) is 35.6 Å². The molecule has 2 aliphatic carbocycles. The first-order valence-electron chi connectivity index (χ1n) is 14.6. The summed E-state index contributed by atoms with van der Waals surface area (Å²) < 4.78 is 2.23. The van der Waals surface area contributed by atoms with E-state index in [2.05, 4.69) is 45.1 Å². The molecule has 3 N–H and O–H groups in total. The number of anilines is 1. The van der Waals surface area contributed by atoms with Crippen LogP contribution in [0.3, 0.4) is 0 Å². The van der Waals surface area contributed by atoms with Crippen LogP contribution in [0.1, 0.15) is 78.8 Å². The van der Waals surface area contributed by atoms with E-state index in [1.165, 1.54) is 54.0 Å². The average Bonchev–Trinajstić information content (AvgIpc) is 3.80. The number of hydrogen-bond donors (Lipinski definition) is 3. The van der Waals surface area contributed by atoms with Gasteiger partial charge in [-0.1, -0.05) is 43.9 Å². The van der Waals surface area contributed by atoms with E-state index in [0.717, 1.165) is 24.4 Å². The predicted molar refractivity (Wildman–Crippen MR) is 168 cm³/mol. The van der Waals surface area contributed by atoms with Gasteiger partial charge in [0.05, 0.1) is 5.69 Å². The molecule has 0 atom stereocenters. The summed E-state index contributed by atoms with van der Waals surface area (Å²) in [6.07, 6.45) is 10.3. The molecule has 2 aliphatic rings. The summed E-state index contributed by atoms with van der Waals surface area (Å²) in [5.41, 5.74) is 5.77. The maximum atomic E-state index is 13.7. The van der Waals surface area contributed by atoms with Gasteiger partial charge in [-0.2, -0.15) is 11.3 Å². The lowest BCUT2D eigenvalue weighted by Crippen LogP contribution is -2.55. The number of carbonyl (C=O) groups is 3. The summed E-state index contributed by atoms with van der Waals surface area (Å²) in [7, 11) is 2.09. The Morgan fingerprint density at radius 2 is 1.74 bits per heavy atom. The summed E-state index contributed by atoms with van der Waals surface area (Å²) in [5, 5.41) is 20.5. The molecule has 2 saturated carbocycles. The number of nitrogens with one attached hydrogen (secondary N) is 2. The van der Waals surface area contributed by atoms with Crippen LogP contribution in [-0.4, -0.2) is 33.0 Å². The van der Waals surface area contributed by atoms with Crippen molar-refractivity contribution < 1.29 is 19.5 Å². The zero-order valence-electron chi connectivity index (χ0n) is 23.7. The molecular weight excluding hydrogens is 546 g/mol. The number of rotatable bonds is 8. The smallest absolute Gasteiger partial charge is 0.328 e. The van der Waals surface area contributed by atoms with Crippen LogP contribution in [0.2, 0.25) is 0 Å². The summed E-state index contributed by atoms with van der Waals surface area (Å²) in [5.74, 6) is -0.972. The maximum absolute atomic E-state index is 13.7. The van der Waals surface area contributed by atoms with Gasteiger partial charge in [0.15, 0.2) is 0 Å². The highest BCUT2D eigenvalue weighted by atomic mass is 32.1. The minimum absolute atomic E-state index is 0.231. The number of aliphatic carboxylic acids is 1. The molecule has 216 valence electrons. The van der Waals surface area contributed by atoms with E-state index in [9.17, 15) is 14.4 Å². The molecule has 2 amide bonds. The molecule has 2 aromatic carbocycles. The van der Waals surface area contributed by atoms with E-state index in [0.29, 0.717) is 35.6 Å². The molecule has 2 aromatic heterocycles. The first-order chi connectivity index (χ1) is 20.3. The Balaban J connectivity index is 1.26. The molecule has 0 aliphatic heterocycles. The van der Waals surface area contributed by atoms with E-state index < -0.39 is 11.5 Å². The second-order valence-corrected chi connectivity index (χ2v) is 12.3. The molecule has 6 rings (SSSR count). The fourth-order valence-electron chi connectivity index (χ4n) is 6.76. The van der Waals surface area contributed by atoms with Crippen molar-refractivity contribution >= 4 is 51.8 Å². The van der Waals surface area contributed by atoms with Crippen molar-refractivity contribution in [2.24, 2.45) is 7.05 Å². The molecule has 42 heavy (non-hydrogen) atoms. The minimum atomic E-state index is -1.02. The number of fused-ring (bicyclic) bond motifs is 1. The molecule has 8 heteroatoms. The molecule has 2 fully saturated rings. The zero-order chi connectivity index (χ0) is 29.3. The van der Waals surface area contributed by atoms with E-state index in [4.69, 9.17) is 5.11 Å². The molecular formula is C34H35N3O4S. The van der Waals surface area contributed by atoms with Crippen molar-refractivity contribution in [2.45, 2.75) is 62.8 Å². The van der Waals surface area contributed by atoms with Gasteiger partial charge < -0.3 is 20.3 Å². The fourth-order valence-corrected chi connectivity index (χ4v) is 7.40. The number of benzene rings is 2. The van der Waals surface area contributed by atoms with E-state index in [1.807, 2.05) is 12.1 Å². The van der Waals surface area contributed by atoms with Crippen molar-refractivity contribution in [3.63, 3.8) is 0 Å². The maximum Gasteiger partial charge on any atom is 0.328 e. The summed E-state index contributed by atoms with van der Waals surface area (Å²) in [6, 6.07) is 15.1. The Morgan fingerprint density at radius 1 is 1.00 bits per heavy atom. The first-order valence-corrected chi connectivity index (χ1v) is 15.6. The summed E-state index contributed by atoms with van der Waals surface area (Å²) in [4.78, 5) is 38.1. The molecule has 0 unspecified atom stereocenters. The monoisotopic (exact) mass is 581 g/mol. The standard InChI is InChI=1S/C34H35N3O4S/c1-37-28-20-24(11-14-27(28)30(23-6-2-3-7-23)31(37)25-16-19-42-21-25)32(40)36-34(17-4-5-18-34)33(41)35-26-12-8-22(9-13-26)10-15-29(38)39/h8-16,19-21,23H,2-7,17-18H2,1H3,(H,35,41)(H,36,40)(H,38,39)/b15-10+. The van der Waals surface area contributed by atoms with Crippen LogP contribution < -0.4 is 10.6 Å². The zero-order valence-corrected chi connectivity index (χ0v) is 24.5. The van der Waals surface area contributed by atoms with Gasteiger partial charge in [-0.05, 0) is 84.5 Å². The topological polar surface area (TPSA) is 100 Å². The lowest BCUT2D eigenvalue weighted by molar-refractivity contribution is -0.131. The van der Waals surface area contributed by atoms with Crippen molar-refractivity contribution in [2.75, 3.05) is 5.32 Å². The van der Waals surface area contributed by atoms with Crippen LogP contribution in [0.25, 0.3) is 28.2 Å². The Hall–Kier alpha value is -4.17. The second-order valence-electron chi connectivity index (χ2n) is 11.5. The number of carboxylic acid groups (broad SMARTS) is 1. The van der Waals surface area contributed by atoms with Gasteiger partial charge in [-0.25, -0.2) is 4.79 Å². The Morgan fingerprint density at radius 3 is 2.40 bits per heavy atom. The number of aryl methyl sites for hydroxylation is 1. The van der Waals surface area contributed by atoms with Crippen LogP contribution >= 0.6 is 11.3 Å². The van der Waals surface area contributed by atoms with Crippen molar-refractivity contribution in [3.8, 4) is 11.3 Å². The van der Waals surface area contributed by atoms with Crippen molar-refractivity contribution in [3.05, 3.63) is 82.1 Å². The van der Waals surface area contributed by atoms with Crippen LogP contribution in [0.5, 0.6) is 0 Å². The highest BCUT2D eigenvalue weighted by Gasteiger charge is 2.42. The van der Waals surface area contributed by atoms with E-state index in [-0.39, 0.29) is 11.8 Å². The Kier molecular flexibility index (Phi) is 7.73. The van der Waals surface area contributed by atoms with Crippen LogP contribution in [0.4, 0.5) is 5.69 Å². The molecule has 0 saturated heterocycles. The molecule has 0 spiro atoms. The number of nitrogens with zero attached hydrogens (tertiary/aromatic N) is 1. The predicted octanol–water partition coefficient (Wildman–Crippen LogP) is 7.34. The minimum Gasteiger partial charge on any atom is -0.478 e. The van der Waals surface area contributed by atoms with Crippen LogP contribution in [0, 0.1) is 0 Å². The van der Waals surface area contributed by atoms with E-state index >= 15 is 0 Å². The average molecular weight is 582 g/mol. The van der Waals surface area contributed by atoms with Gasteiger partial charge in [0.1, 0.15) is 5.54 Å². The van der Waals surface area contributed by atoms with Gasteiger partial charge in [0.2, 0.25) is 5.91 Å². The normalized spacial score (nSPS) is 16.8. The SMILES string of the molecule is Cn1c(-c2ccsc2)c(C2CCCC2)c2ccc(C(=O)NC3(C(=O)Nc4ccc(/C=C/C(=O)O)cc4)CCCC3)cc21. The lowest BCUT2D eigenvalue weighted by Gasteiger charge is -2.29. The molecule has 7 nitrogen and oxygen atoms in total. The van der Waals surface area contributed by atoms with Crippen LogP contribution in [0.15, 0.2) is 65.4 Å². The van der Waals surface area contributed by atoms with Gasteiger partial charge in [-0.3, -0.25) is 9.59 Å². The quantitative estimate of drug-likeness (QED) is 0.190. The third-order valence-electron chi connectivity index (χ3n) is 8.89. The second kappa shape index (κ2) is 11.6. The van der Waals surface area contributed by atoms with Crippen molar-refractivity contribution in [1.29, 1.82) is 0 Å². The molecule has 4 aromatic rings. The Labute approximate surface area is 249 Å². The van der Waals surface area contributed by atoms with Crippen LogP contribution in [-0.2, 0) is 16.6 Å². The Bertz CT molecular complexity index is 1660. The third-order valence-corrected chi connectivity index (χ3v) is 9.57. The summed E-state index contributed by atoms with van der Waals surface area (Å²) >= 11 is 1.70. The third kappa shape index (κ3) is 5.39. The first kappa shape index (κ1) is 28.0. The molecule has 2 heterocycles. The van der Waals surface area contributed by atoms with Gasteiger partial charge in [-0.15, -0.1) is 0 Å². The van der Waals surface area contributed by atoms with Gasteiger partial charge >= 0.3 is 5.97 Å². The number of amides is 2. The highest BCUT2D eigenvalue weighted by molar-refractivity contribution is 7.08. The number of carbonyl (C=O) groups excluding carboxylic acids is 2. The van der Waals surface area contributed by atoms with Crippen molar-refractivity contribution in [1.82, 2.24) is 9.88 Å². The van der Waals surface area contributed by atoms with Gasteiger partial charge in [0, 0.05) is 46.2 Å². The summed E-state index contributed by atoms with van der Waals surface area (Å²) in [6.45, 7) is 0. The number of hydrogen-bond acceptors (Lipinski definition) is 4. The number of carboxylic acids is 1. The molecule has 0 bridgehead atoms. The molecule has 0 radical (unpaired) electrons.